The summed E-state index contributed by atoms with van der Waals surface area (Å²) in [6.07, 6.45) is 10.2. The van der Waals surface area contributed by atoms with Crippen LogP contribution < -0.4 is 4.90 Å². The summed E-state index contributed by atoms with van der Waals surface area (Å²) in [6, 6.07) is 9.23. The molecule has 134 valence electrons. The van der Waals surface area contributed by atoms with Gasteiger partial charge in [0.15, 0.2) is 5.78 Å². The van der Waals surface area contributed by atoms with Crippen molar-refractivity contribution in [2.45, 2.75) is 38.1 Å². The lowest BCUT2D eigenvalue weighted by Crippen LogP contribution is -2.38. The summed E-state index contributed by atoms with van der Waals surface area (Å²) in [5.74, 6) is 1.93. The fourth-order valence-electron chi connectivity index (χ4n) is 3.58. The highest BCUT2D eigenvalue weighted by atomic mass is 32.1. The lowest BCUT2D eigenvalue weighted by atomic mass is 9.95. The Morgan fingerprint density at radius 2 is 2.04 bits per heavy atom. The van der Waals surface area contributed by atoms with Gasteiger partial charge in [0.05, 0.1) is 0 Å². The number of aromatic hydroxyl groups is 1. The lowest BCUT2D eigenvalue weighted by molar-refractivity contribution is -0.124. The fraction of sp³-hybridized carbons (Fsp3) is 0.333. The number of anilines is 1. The van der Waals surface area contributed by atoms with E-state index in [4.69, 9.17) is 6.42 Å². The number of carbonyl (C=O) groups excluding carboxylic acids is 2. The average molecular weight is 367 g/mol. The third-order valence-electron chi connectivity index (χ3n) is 4.79. The molecular weight excluding hydrogens is 346 g/mol. The van der Waals surface area contributed by atoms with E-state index in [9.17, 15) is 14.7 Å². The molecule has 1 aromatic carbocycles. The van der Waals surface area contributed by atoms with Gasteiger partial charge in [-0.2, -0.15) is 0 Å². The van der Waals surface area contributed by atoms with Crippen LogP contribution in [0, 0.1) is 18.3 Å². The largest absolute Gasteiger partial charge is 0.508 e. The Hall–Kier alpha value is -2.58. The van der Waals surface area contributed by atoms with Gasteiger partial charge in [-0.1, -0.05) is 37.8 Å². The predicted molar refractivity (Wildman–Crippen MR) is 103 cm³/mol. The van der Waals surface area contributed by atoms with Crippen molar-refractivity contribution in [3.63, 3.8) is 0 Å². The van der Waals surface area contributed by atoms with E-state index in [1.165, 1.54) is 28.4 Å². The number of nitrogens with zero attached hydrogens (tertiary/aromatic N) is 1. The number of benzene rings is 1. The molecule has 0 bridgehead atoms. The molecule has 1 fully saturated rings. The van der Waals surface area contributed by atoms with Gasteiger partial charge >= 0.3 is 5.91 Å². The minimum atomic E-state index is -0.763. The van der Waals surface area contributed by atoms with Crippen molar-refractivity contribution in [3.8, 4) is 18.1 Å². The molecule has 1 saturated carbocycles. The van der Waals surface area contributed by atoms with Crippen molar-refractivity contribution >= 4 is 28.7 Å². The number of phenols is 1. The molecular formula is C21H21NO3S. The average Bonchev–Trinajstić information content (AvgIpc) is 3.32. The van der Waals surface area contributed by atoms with Gasteiger partial charge < -0.3 is 5.11 Å². The van der Waals surface area contributed by atoms with Crippen molar-refractivity contribution in [2.75, 3.05) is 4.90 Å². The molecule has 0 radical (unpaired) electrons. The molecule has 1 N–H and O–H groups in total. The standard InChI is InChI=1S/C21H21NO3S/c1-2-20(25)22(16-9-5-10-17(23)14-16)21(19-11-6-12-26-19)18(24)13-15-7-3-4-8-15/h1,5-6,9-12,14-15,21,23H,3-4,7-8,13H2. The molecule has 3 rings (SSSR count). The van der Waals surface area contributed by atoms with Crippen LogP contribution in [0.1, 0.15) is 43.0 Å². The van der Waals surface area contributed by atoms with Crippen molar-refractivity contribution in [3.05, 3.63) is 46.7 Å². The SMILES string of the molecule is C#CC(=O)N(c1cccc(O)c1)C(C(=O)CC1CCCC1)c1cccs1. The second-order valence-corrected chi connectivity index (χ2v) is 7.56. The first-order chi connectivity index (χ1) is 12.6. The number of hydrogen-bond acceptors (Lipinski definition) is 4. The van der Waals surface area contributed by atoms with Gasteiger partial charge in [-0.05, 0) is 35.4 Å². The van der Waals surface area contributed by atoms with E-state index in [1.807, 2.05) is 17.5 Å². The molecule has 1 unspecified atom stereocenters. The maximum Gasteiger partial charge on any atom is 0.303 e. The van der Waals surface area contributed by atoms with Crippen LogP contribution in [0.15, 0.2) is 41.8 Å². The number of ketones is 1. The van der Waals surface area contributed by atoms with Crippen molar-refractivity contribution in [2.24, 2.45) is 5.92 Å². The summed E-state index contributed by atoms with van der Waals surface area (Å²) < 4.78 is 0. The Kier molecular flexibility index (Phi) is 5.75. The van der Waals surface area contributed by atoms with Gasteiger partial charge in [0.25, 0.3) is 0 Å². The smallest absolute Gasteiger partial charge is 0.303 e. The minimum Gasteiger partial charge on any atom is -0.508 e. The second-order valence-electron chi connectivity index (χ2n) is 6.58. The monoisotopic (exact) mass is 367 g/mol. The molecule has 2 aromatic rings. The van der Waals surface area contributed by atoms with Crippen LogP contribution >= 0.6 is 11.3 Å². The molecule has 26 heavy (non-hydrogen) atoms. The van der Waals surface area contributed by atoms with Gasteiger partial charge in [-0.25, -0.2) is 0 Å². The number of phenolic OH excluding ortho intramolecular Hbond substituents is 1. The normalized spacial score (nSPS) is 15.3. The number of hydrogen-bond donors (Lipinski definition) is 1. The van der Waals surface area contributed by atoms with Crippen molar-refractivity contribution in [1.29, 1.82) is 0 Å². The highest BCUT2D eigenvalue weighted by Gasteiger charge is 2.34. The number of Topliss-reactive ketones (excluding diaryl/α,β-unsaturated/α-hetero) is 1. The first-order valence-corrected chi connectivity index (χ1v) is 9.63. The molecule has 0 aliphatic heterocycles. The van der Waals surface area contributed by atoms with Crippen LogP contribution in [-0.4, -0.2) is 16.8 Å². The molecule has 1 aliphatic carbocycles. The van der Waals surface area contributed by atoms with Gasteiger partial charge in [-0.3, -0.25) is 14.5 Å². The summed E-state index contributed by atoms with van der Waals surface area (Å²) in [6.45, 7) is 0. The molecule has 1 aromatic heterocycles. The molecule has 0 saturated heterocycles. The molecule has 5 heteroatoms. The van der Waals surface area contributed by atoms with E-state index >= 15 is 0 Å². The quantitative estimate of drug-likeness (QED) is 0.774. The molecule has 1 heterocycles. The maximum atomic E-state index is 13.2. The van der Waals surface area contributed by atoms with E-state index in [0.717, 1.165) is 30.6 Å². The van der Waals surface area contributed by atoms with Crippen LogP contribution in [0.25, 0.3) is 0 Å². The van der Waals surface area contributed by atoms with Gasteiger partial charge in [-0.15, -0.1) is 17.8 Å². The predicted octanol–water partition coefficient (Wildman–Crippen LogP) is 4.31. The number of terminal acetylenes is 1. The number of rotatable bonds is 6. The zero-order valence-electron chi connectivity index (χ0n) is 14.4. The van der Waals surface area contributed by atoms with Crippen LogP contribution in [0.2, 0.25) is 0 Å². The summed E-state index contributed by atoms with van der Waals surface area (Å²) in [4.78, 5) is 27.9. The van der Waals surface area contributed by atoms with E-state index < -0.39 is 11.9 Å². The Balaban J connectivity index is 2.00. The number of thiophene rings is 1. The number of amides is 1. The summed E-state index contributed by atoms with van der Waals surface area (Å²) in [5, 5.41) is 11.7. The van der Waals surface area contributed by atoms with Crippen LogP contribution in [0.5, 0.6) is 5.75 Å². The first kappa shape index (κ1) is 18.2. The Labute approximate surface area is 157 Å². The fourth-order valence-corrected chi connectivity index (χ4v) is 4.42. The van der Waals surface area contributed by atoms with E-state index in [2.05, 4.69) is 5.92 Å². The summed E-state index contributed by atoms with van der Waals surface area (Å²) in [5.41, 5.74) is 0.422. The highest BCUT2D eigenvalue weighted by molar-refractivity contribution is 7.10. The number of carbonyl (C=O) groups is 2. The molecule has 1 aliphatic rings. The van der Waals surface area contributed by atoms with Gasteiger partial charge in [0.2, 0.25) is 0 Å². The minimum absolute atomic E-state index is 0.00806. The van der Waals surface area contributed by atoms with E-state index in [1.54, 1.807) is 12.1 Å². The molecule has 1 atom stereocenters. The Bertz CT molecular complexity index is 816. The first-order valence-electron chi connectivity index (χ1n) is 8.75. The van der Waals surface area contributed by atoms with E-state index in [-0.39, 0.29) is 11.5 Å². The lowest BCUT2D eigenvalue weighted by Gasteiger charge is -2.29. The van der Waals surface area contributed by atoms with Gasteiger partial charge in [0, 0.05) is 23.1 Å². The van der Waals surface area contributed by atoms with Crippen LogP contribution in [0.3, 0.4) is 0 Å². The highest BCUT2D eigenvalue weighted by Crippen LogP contribution is 2.36. The van der Waals surface area contributed by atoms with E-state index in [0.29, 0.717) is 18.0 Å². The summed E-state index contributed by atoms with van der Waals surface area (Å²) >= 11 is 1.43. The zero-order valence-corrected chi connectivity index (χ0v) is 15.2. The Morgan fingerprint density at radius 1 is 1.27 bits per heavy atom. The van der Waals surface area contributed by atoms with Crippen molar-refractivity contribution < 1.29 is 14.7 Å². The summed E-state index contributed by atoms with van der Waals surface area (Å²) in [7, 11) is 0. The zero-order chi connectivity index (χ0) is 18.5. The van der Waals surface area contributed by atoms with Crippen LogP contribution in [0.4, 0.5) is 5.69 Å². The third kappa shape index (κ3) is 3.97. The topological polar surface area (TPSA) is 57.6 Å². The Morgan fingerprint density at radius 3 is 2.65 bits per heavy atom. The second kappa shape index (κ2) is 8.20. The van der Waals surface area contributed by atoms with Crippen LogP contribution in [-0.2, 0) is 9.59 Å². The molecule has 4 nitrogen and oxygen atoms in total. The van der Waals surface area contributed by atoms with Gasteiger partial charge in [0.1, 0.15) is 11.8 Å². The van der Waals surface area contributed by atoms with Crippen molar-refractivity contribution in [1.82, 2.24) is 0 Å². The molecule has 0 spiro atoms. The maximum absolute atomic E-state index is 13.2. The third-order valence-corrected chi connectivity index (χ3v) is 5.72. The molecule has 1 amide bonds.